The van der Waals surface area contributed by atoms with Crippen molar-refractivity contribution < 1.29 is 4.74 Å². The molecule has 0 bridgehead atoms. The number of pyridine rings is 1. The Hall–Kier alpha value is -1.09. The van der Waals surface area contributed by atoms with Crippen molar-refractivity contribution in [2.24, 2.45) is 0 Å². The third-order valence-corrected chi connectivity index (χ3v) is 2.60. The summed E-state index contributed by atoms with van der Waals surface area (Å²) in [6.45, 7) is 2.03. The van der Waals surface area contributed by atoms with Gasteiger partial charge in [0.25, 0.3) is 0 Å². The molecule has 0 radical (unpaired) electrons. The lowest BCUT2D eigenvalue weighted by molar-refractivity contribution is 0.415. The molecule has 0 aliphatic carbocycles. The molecule has 2 aromatic rings. The minimum atomic E-state index is 0.860. The third kappa shape index (κ3) is 1.60. The Kier molecular flexibility index (Phi) is 2.42. The van der Waals surface area contributed by atoms with Crippen molar-refractivity contribution in [3.8, 4) is 5.75 Å². The van der Waals surface area contributed by atoms with Gasteiger partial charge in [0.1, 0.15) is 10.4 Å². The number of methoxy groups -OCH3 is 1. The van der Waals surface area contributed by atoms with Crippen LogP contribution in [0, 0.1) is 6.92 Å². The Morgan fingerprint density at radius 2 is 2.07 bits per heavy atom. The zero-order valence-corrected chi connectivity index (χ0v) is 9.63. The van der Waals surface area contributed by atoms with Crippen LogP contribution in [-0.4, -0.2) is 12.1 Å². The number of rotatable bonds is 1. The molecule has 0 N–H and O–H groups in total. The number of aromatic nitrogens is 1. The monoisotopic (exact) mass is 251 g/mol. The standard InChI is InChI=1S/C11H10BrNO/c1-7-5-9(14-2)6-8-3-4-10(12)13-11(7)8/h3-6H,1-2H3. The number of ether oxygens (including phenoxy) is 1. The molecule has 72 valence electrons. The molecule has 14 heavy (non-hydrogen) atoms. The van der Waals surface area contributed by atoms with Crippen LogP contribution in [0.5, 0.6) is 5.75 Å². The van der Waals surface area contributed by atoms with Gasteiger partial charge in [0.05, 0.1) is 12.6 Å². The first-order valence-corrected chi connectivity index (χ1v) is 5.11. The van der Waals surface area contributed by atoms with E-state index in [1.807, 2.05) is 31.2 Å². The van der Waals surface area contributed by atoms with Gasteiger partial charge in [0.15, 0.2) is 0 Å². The Balaban J connectivity index is 2.76. The number of halogens is 1. The quantitative estimate of drug-likeness (QED) is 0.726. The normalized spacial score (nSPS) is 10.5. The van der Waals surface area contributed by atoms with Gasteiger partial charge in [-0.2, -0.15) is 0 Å². The van der Waals surface area contributed by atoms with Crippen LogP contribution in [0.1, 0.15) is 5.56 Å². The van der Waals surface area contributed by atoms with E-state index in [1.54, 1.807) is 7.11 Å². The van der Waals surface area contributed by atoms with Crippen LogP contribution in [0.25, 0.3) is 10.9 Å². The fraction of sp³-hybridized carbons (Fsp3) is 0.182. The van der Waals surface area contributed by atoms with E-state index in [9.17, 15) is 0 Å². The SMILES string of the molecule is COc1cc(C)c2nc(Br)ccc2c1. The van der Waals surface area contributed by atoms with Gasteiger partial charge >= 0.3 is 0 Å². The summed E-state index contributed by atoms with van der Waals surface area (Å²) in [5.74, 6) is 0.874. The average molecular weight is 252 g/mol. The average Bonchev–Trinajstić information content (AvgIpc) is 2.19. The number of hydrogen-bond donors (Lipinski definition) is 0. The highest BCUT2D eigenvalue weighted by Crippen LogP contribution is 2.24. The van der Waals surface area contributed by atoms with Crippen LogP contribution in [0.15, 0.2) is 28.9 Å². The summed E-state index contributed by atoms with van der Waals surface area (Å²) < 4.78 is 6.05. The molecule has 0 atom stereocenters. The first-order chi connectivity index (χ1) is 6.70. The van der Waals surface area contributed by atoms with Crippen molar-refractivity contribution >= 4 is 26.8 Å². The molecule has 0 saturated carbocycles. The lowest BCUT2D eigenvalue weighted by Crippen LogP contribution is -1.88. The van der Waals surface area contributed by atoms with Gasteiger partial charge < -0.3 is 4.74 Å². The van der Waals surface area contributed by atoms with Crippen molar-refractivity contribution in [2.45, 2.75) is 6.92 Å². The van der Waals surface area contributed by atoms with E-state index in [-0.39, 0.29) is 0 Å². The summed E-state index contributed by atoms with van der Waals surface area (Å²) in [5.41, 5.74) is 2.14. The Bertz CT molecular complexity index is 482. The lowest BCUT2D eigenvalue weighted by Gasteiger charge is -2.05. The highest BCUT2D eigenvalue weighted by atomic mass is 79.9. The number of fused-ring (bicyclic) bond motifs is 1. The molecule has 0 spiro atoms. The van der Waals surface area contributed by atoms with Gasteiger partial charge in [0, 0.05) is 5.39 Å². The van der Waals surface area contributed by atoms with Crippen LogP contribution >= 0.6 is 15.9 Å². The molecule has 2 nitrogen and oxygen atoms in total. The molecule has 1 aromatic carbocycles. The van der Waals surface area contributed by atoms with Crippen molar-refractivity contribution in [1.82, 2.24) is 4.98 Å². The maximum atomic E-state index is 5.19. The maximum absolute atomic E-state index is 5.19. The summed E-state index contributed by atoms with van der Waals surface area (Å²) in [5, 5.41) is 1.10. The molecule has 1 heterocycles. The lowest BCUT2D eigenvalue weighted by atomic mass is 10.1. The Labute approximate surface area is 91.0 Å². The number of benzene rings is 1. The molecular weight excluding hydrogens is 242 g/mol. The zero-order valence-electron chi connectivity index (χ0n) is 8.04. The molecule has 0 saturated heterocycles. The van der Waals surface area contributed by atoms with Crippen LogP contribution < -0.4 is 4.74 Å². The highest BCUT2D eigenvalue weighted by molar-refractivity contribution is 9.10. The molecule has 0 unspecified atom stereocenters. The zero-order chi connectivity index (χ0) is 10.1. The number of nitrogens with zero attached hydrogens (tertiary/aromatic N) is 1. The van der Waals surface area contributed by atoms with E-state index in [0.717, 1.165) is 26.8 Å². The fourth-order valence-electron chi connectivity index (χ4n) is 1.47. The van der Waals surface area contributed by atoms with Crippen LogP contribution in [0.4, 0.5) is 0 Å². The van der Waals surface area contributed by atoms with Crippen LogP contribution in [-0.2, 0) is 0 Å². The topological polar surface area (TPSA) is 22.1 Å². The van der Waals surface area contributed by atoms with E-state index >= 15 is 0 Å². The van der Waals surface area contributed by atoms with Gasteiger partial charge in [-0.15, -0.1) is 0 Å². The summed E-state index contributed by atoms with van der Waals surface area (Å²) in [6.07, 6.45) is 0. The Morgan fingerprint density at radius 3 is 2.79 bits per heavy atom. The molecular formula is C11H10BrNO. The van der Waals surface area contributed by atoms with Crippen LogP contribution in [0.3, 0.4) is 0 Å². The second-order valence-corrected chi connectivity index (χ2v) is 3.96. The number of hydrogen-bond acceptors (Lipinski definition) is 2. The summed E-state index contributed by atoms with van der Waals surface area (Å²) in [6, 6.07) is 7.94. The van der Waals surface area contributed by atoms with Crippen molar-refractivity contribution in [1.29, 1.82) is 0 Å². The molecule has 0 fully saturated rings. The number of aryl methyl sites for hydroxylation is 1. The molecule has 3 heteroatoms. The summed E-state index contributed by atoms with van der Waals surface area (Å²) in [4.78, 5) is 4.41. The maximum Gasteiger partial charge on any atom is 0.119 e. The third-order valence-electron chi connectivity index (χ3n) is 2.16. The molecule has 1 aromatic heterocycles. The summed E-state index contributed by atoms with van der Waals surface area (Å²) >= 11 is 3.36. The smallest absolute Gasteiger partial charge is 0.119 e. The van der Waals surface area contributed by atoms with Gasteiger partial charge in [0.2, 0.25) is 0 Å². The van der Waals surface area contributed by atoms with Gasteiger partial charge in [-0.05, 0) is 52.7 Å². The minimum Gasteiger partial charge on any atom is -0.497 e. The van der Waals surface area contributed by atoms with E-state index in [4.69, 9.17) is 4.74 Å². The molecule has 0 aliphatic heterocycles. The fourth-order valence-corrected chi connectivity index (χ4v) is 1.78. The molecule has 0 aliphatic rings. The largest absolute Gasteiger partial charge is 0.497 e. The summed E-state index contributed by atoms with van der Waals surface area (Å²) in [7, 11) is 1.67. The minimum absolute atomic E-state index is 0.860. The van der Waals surface area contributed by atoms with Gasteiger partial charge in [-0.3, -0.25) is 0 Å². The van der Waals surface area contributed by atoms with E-state index < -0.39 is 0 Å². The van der Waals surface area contributed by atoms with E-state index in [1.165, 1.54) is 0 Å². The predicted molar refractivity (Wildman–Crippen MR) is 60.7 cm³/mol. The van der Waals surface area contributed by atoms with Crippen molar-refractivity contribution in [2.75, 3.05) is 7.11 Å². The van der Waals surface area contributed by atoms with Crippen LogP contribution in [0.2, 0.25) is 0 Å². The molecule has 2 rings (SSSR count). The highest BCUT2D eigenvalue weighted by Gasteiger charge is 2.02. The van der Waals surface area contributed by atoms with Crippen molar-refractivity contribution in [3.63, 3.8) is 0 Å². The second kappa shape index (κ2) is 3.58. The first kappa shape index (κ1) is 9.46. The molecule has 0 amide bonds. The Morgan fingerprint density at radius 1 is 1.29 bits per heavy atom. The second-order valence-electron chi connectivity index (χ2n) is 3.15. The van der Waals surface area contributed by atoms with E-state index in [2.05, 4.69) is 20.9 Å². The first-order valence-electron chi connectivity index (χ1n) is 4.31. The van der Waals surface area contributed by atoms with E-state index in [0.29, 0.717) is 0 Å². The predicted octanol–water partition coefficient (Wildman–Crippen LogP) is 3.31. The van der Waals surface area contributed by atoms with Crippen molar-refractivity contribution in [3.05, 3.63) is 34.4 Å². The van der Waals surface area contributed by atoms with Gasteiger partial charge in [-0.1, -0.05) is 0 Å². The van der Waals surface area contributed by atoms with Gasteiger partial charge in [-0.25, -0.2) is 4.98 Å².